The van der Waals surface area contributed by atoms with Crippen LogP contribution in [-0.4, -0.2) is 25.2 Å². The van der Waals surface area contributed by atoms with Crippen LogP contribution in [0.15, 0.2) is 12.1 Å². The molecule has 1 aliphatic carbocycles. The Morgan fingerprint density at radius 2 is 1.96 bits per heavy atom. The Bertz CT molecular complexity index is 797. The predicted octanol–water partition coefficient (Wildman–Crippen LogP) is 3.67. The monoisotopic (exact) mass is 376 g/mol. The number of methoxy groups -OCH3 is 1. The zero-order valence-corrected chi connectivity index (χ0v) is 16.9. The van der Waals surface area contributed by atoms with Crippen molar-refractivity contribution in [2.24, 2.45) is 5.73 Å². The van der Waals surface area contributed by atoms with Crippen LogP contribution in [0.3, 0.4) is 0 Å². The van der Waals surface area contributed by atoms with Gasteiger partial charge in [0.2, 0.25) is 5.91 Å². The first-order valence-electron chi connectivity index (χ1n) is 8.74. The second kappa shape index (κ2) is 8.66. The van der Waals surface area contributed by atoms with Crippen molar-refractivity contribution in [3.8, 4) is 16.2 Å². The fourth-order valence-electron chi connectivity index (χ4n) is 3.51. The average Bonchev–Trinajstić information content (AvgIpc) is 2.98. The summed E-state index contributed by atoms with van der Waals surface area (Å²) in [5.74, 6) is 1.37. The highest BCUT2D eigenvalue weighted by atomic mass is 32.1. The Morgan fingerprint density at radius 1 is 1.31 bits per heavy atom. The summed E-state index contributed by atoms with van der Waals surface area (Å²) >= 11 is 1.62. The zero-order valence-electron chi connectivity index (χ0n) is 16.1. The molecule has 1 aliphatic rings. The smallest absolute Gasteiger partial charge is 0.221 e. The topological polar surface area (TPSA) is 84.6 Å². The number of fused-ring (bicyclic) bond motifs is 3. The Labute approximate surface area is 159 Å². The molecule has 0 atom stereocenters. The van der Waals surface area contributed by atoms with Gasteiger partial charge in [-0.15, -0.1) is 11.3 Å². The first-order valence-corrected chi connectivity index (χ1v) is 9.56. The van der Waals surface area contributed by atoms with Crippen LogP contribution in [0.1, 0.15) is 48.9 Å². The summed E-state index contributed by atoms with van der Waals surface area (Å²) in [4.78, 5) is 12.7. The molecular formula is C20H28N2O3S. The van der Waals surface area contributed by atoms with Crippen LogP contribution in [0.25, 0.3) is 10.4 Å². The number of ether oxygens (including phenoxy) is 1. The number of nitrogens with one attached hydrogen (secondary N) is 1. The maximum atomic E-state index is 11.5. The summed E-state index contributed by atoms with van der Waals surface area (Å²) in [7, 11) is 2.75. The van der Waals surface area contributed by atoms with Gasteiger partial charge in [-0.1, -0.05) is 26.0 Å². The highest BCUT2D eigenvalue weighted by molar-refractivity contribution is 7.20. The fraction of sp³-hybridized carbons (Fsp3) is 0.450. The number of aliphatic hydroxyl groups excluding tert-OH is 1. The van der Waals surface area contributed by atoms with Crippen LogP contribution in [0.4, 0.5) is 5.00 Å². The number of benzene rings is 1. The molecule has 0 spiro atoms. The van der Waals surface area contributed by atoms with Crippen molar-refractivity contribution < 1.29 is 14.6 Å². The van der Waals surface area contributed by atoms with Gasteiger partial charge in [0.05, 0.1) is 7.11 Å². The molecule has 0 fully saturated rings. The first kappa shape index (κ1) is 20.4. The van der Waals surface area contributed by atoms with E-state index in [1.54, 1.807) is 18.4 Å². The van der Waals surface area contributed by atoms with Gasteiger partial charge in [0, 0.05) is 36.6 Å². The van der Waals surface area contributed by atoms with E-state index in [1.165, 1.54) is 34.1 Å². The largest absolute Gasteiger partial charge is 0.496 e. The average molecular weight is 377 g/mol. The number of hydrogen-bond acceptors (Lipinski definition) is 5. The summed E-state index contributed by atoms with van der Waals surface area (Å²) in [6, 6.07) is 4.36. The van der Waals surface area contributed by atoms with Crippen molar-refractivity contribution >= 4 is 22.2 Å². The molecule has 0 saturated carbocycles. The number of aliphatic hydroxyl groups is 1. The van der Waals surface area contributed by atoms with Gasteiger partial charge in [-0.05, 0) is 35.4 Å². The highest BCUT2D eigenvalue weighted by Gasteiger charge is 2.27. The second-order valence-electron chi connectivity index (χ2n) is 6.47. The lowest BCUT2D eigenvalue weighted by atomic mass is 9.85. The number of rotatable bonds is 4. The van der Waals surface area contributed by atoms with E-state index in [0.717, 1.165) is 36.3 Å². The van der Waals surface area contributed by atoms with Crippen molar-refractivity contribution in [3.05, 3.63) is 34.4 Å². The Balaban J connectivity index is 0.00000117. The van der Waals surface area contributed by atoms with Crippen molar-refractivity contribution in [2.45, 2.75) is 46.1 Å². The van der Waals surface area contributed by atoms with Gasteiger partial charge in [0.1, 0.15) is 10.8 Å². The maximum Gasteiger partial charge on any atom is 0.221 e. The molecule has 0 saturated heterocycles. The van der Waals surface area contributed by atoms with Crippen molar-refractivity contribution in [1.29, 1.82) is 0 Å². The van der Waals surface area contributed by atoms with Gasteiger partial charge in [0.15, 0.2) is 0 Å². The lowest BCUT2D eigenvalue weighted by molar-refractivity contribution is -0.114. The Morgan fingerprint density at radius 3 is 2.50 bits per heavy atom. The Kier molecular flexibility index (Phi) is 6.81. The number of hydrogen-bond donors (Lipinski definition) is 3. The normalized spacial score (nSPS) is 12.0. The van der Waals surface area contributed by atoms with Gasteiger partial charge >= 0.3 is 0 Å². The molecule has 6 heteroatoms. The second-order valence-corrected chi connectivity index (χ2v) is 7.49. The summed E-state index contributed by atoms with van der Waals surface area (Å²) in [6.45, 7) is 6.35. The number of amides is 1. The molecule has 1 aromatic heterocycles. The summed E-state index contributed by atoms with van der Waals surface area (Å²) < 4.78 is 5.76. The van der Waals surface area contributed by atoms with E-state index in [0.29, 0.717) is 12.5 Å². The van der Waals surface area contributed by atoms with Crippen molar-refractivity contribution in [1.82, 2.24) is 0 Å². The van der Waals surface area contributed by atoms with Crippen LogP contribution < -0.4 is 15.8 Å². The molecule has 3 rings (SSSR count). The van der Waals surface area contributed by atoms with E-state index >= 15 is 0 Å². The quantitative estimate of drug-likeness (QED) is 0.760. The number of carbonyl (C=O) groups is 1. The fourth-order valence-corrected chi connectivity index (χ4v) is 4.89. The van der Waals surface area contributed by atoms with Crippen LogP contribution in [-0.2, 0) is 24.2 Å². The van der Waals surface area contributed by atoms with Crippen molar-refractivity contribution in [3.63, 3.8) is 0 Å². The van der Waals surface area contributed by atoms with E-state index < -0.39 is 0 Å². The third kappa shape index (κ3) is 3.63. The van der Waals surface area contributed by atoms with Crippen LogP contribution in [0.2, 0.25) is 0 Å². The van der Waals surface area contributed by atoms with E-state index in [1.807, 2.05) is 0 Å². The number of nitrogens with two attached hydrogens (primary N) is 1. The third-order valence-corrected chi connectivity index (χ3v) is 5.82. The Hall–Kier alpha value is -1.89. The van der Waals surface area contributed by atoms with Gasteiger partial charge in [-0.25, -0.2) is 0 Å². The summed E-state index contributed by atoms with van der Waals surface area (Å²) in [5.41, 5.74) is 12.1. The van der Waals surface area contributed by atoms with Crippen molar-refractivity contribution in [2.75, 3.05) is 19.5 Å². The van der Waals surface area contributed by atoms with Crippen LogP contribution >= 0.6 is 11.3 Å². The molecule has 1 amide bonds. The lowest BCUT2D eigenvalue weighted by Crippen LogP contribution is -2.11. The molecule has 142 valence electrons. The molecular weight excluding hydrogens is 348 g/mol. The first-order chi connectivity index (χ1) is 12.5. The summed E-state index contributed by atoms with van der Waals surface area (Å²) in [6.07, 6.45) is 1.87. The molecule has 0 radical (unpaired) electrons. The molecule has 2 aromatic rings. The van der Waals surface area contributed by atoms with E-state index in [-0.39, 0.29) is 5.91 Å². The number of carbonyl (C=O) groups excluding carboxylic acids is 1. The van der Waals surface area contributed by atoms with Gasteiger partial charge in [0.25, 0.3) is 0 Å². The lowest BCUT2D eigenvalue weighted by Gasteiger charge is -2.23. The summed E-state index contributed by atoms with van der Waals surface area (Å²) in [5, 5.41) is 10.8. The highest BCUT2D eigenvalue weighted by Crippen LogP contribution is 2.48. The minimum atomic E-state index is -0.0590. The van der Waals surface area contributed by atoms with Gasteiger partial charge in [-0.3, -0.25) is 4.79 Å². The van der Waals surface area contributed by atoms with Gasteiger partial charge in [-0.2, -0.15) is 0 Å². The SMILES string of the molecule is CO.COc1c(C(C)C)ccc2c1CCc1c-2sc(NC(C)=O)c1CN. The standard InChI is InChI=1S/C19H24N2O2S.CH4O/c1-10(2)12-5-7-14-13(17(12)23-4)6-8-15-16(9-20)19(21-11(3)22)24-18(14)15;1-2/h5,7,10H,6,8-9,20H2,1-4H3,(H,21,22);2H,1H3. The molecule has 1 heterocycles. The van der Waals surface area contributed by atoms with Crippen LogP contribution in [0, 0.1) is 0 Å². The molecule has 4 N–H and O–H groups in total. The third-order valence-electron chi connectivity index (χ3n) is 4.60. The predicted molar refractivity (Wildman–Crippen MR) is 108 cm³/mol. The number of anilines is 1. The minimum Gasteiger partial charge on any atom is -0.496 e. The molecule has 0 unspecified atom stereocenters. The van der Waals surface area contributed by atoms with E-state index in [2.05, 4.69) is 31.3 Å². The minimum absolute atomic E-state index is 0.0590. The molecule has 0 aliphatic heterocycles. The maximum absolute atomic E-state index is 11.5. The molecule has 26 heavy (non-hydrogen) atoms. The van der Waals surface area contributed by atoms with E-state index in [9.17, 15) is 4.79 Å². The zero-order chi connectivity index (χ0) is 19.4. The molecule has 0 bridgehead atoms. The molecule has 1 aromatic carbocycles. The molecule has 5 nitrogen and oxygen atoms in total. The van der Waals surface area contributed by atoms with Crippen LogP contribution in [0.5, 0.6) is 5.75 Å². The number of thiophene rings is 1. The van der Waals surface area contributed by atoms with E-state index in [4.69, 9.17) is 15.6 Å². The van der Waals surface area contributed by atoms with Gasteiger partial charge < -0.3 is 20.9 Å².